The predicted octanol–water partition coefficient (Wildman–Crippen LogP) is 5.50. The zero-order valence-electron chi connectivity index (χ0n) is 20.2. The van der Waals surface area contributed by atoms with Crippen LogP contribution in [-0.2, 0) is 6.42 Å². The van der Waals surface area contributed by atoms with Gasteiger partial charge in [0.1, 0.15) is 5.75 Å². The summed E-state index contributed by atoms with van der Waals surface area (Å²) in [5.74, 6) is 0.218. The third kappa shape index (κ3) is 7.39. The van der Waals surface area contributed by atoms with Crippen molar-refractivity contribution in [1.82, 2.24) is 10.6 Å². The Hall–Kier alpha value is -3.71. The number of thiocarbonyl (C=S) groups is 1. The minimum absolute atomic E-state index is 0.126. The summed E-state index contributed by atoms with van der Waals surface area (Å²) in [4.78, 5) is 25.5. The minimum Gasteiger partial charge on any atom is -0.493 e. The molecular weight excluding hydrogens is 470 g/mol. The van der Waals surface area contributed by atoms with Crippen LogP contribution in [0.5, 0.6) is 5.75 Å². The summed E-state index contributed by atoms with van der Waals surface area (Å²) in [5.41, 5.74) is 2.72. The maximum absolute atomic E-state index is 12.9. The van der Waals surface area contributed by atoms with Gasteiger partial charge >= 0.3 is 0 Å². The molecule has 1 fully saturated rings. The van der Waals surface area contributed by atoms with Crippen LogP contribution in [-0.4, -0.2) is 29.6 Å². The number of rotatable bonds is 8. The second-order valence-corrected chi connectivity index (χ2v) is 9.28. The molecule has 4 rings (SSSR count). The number of nitrogens with one attached hydrogen (secondary N) is 3. The average Bonchev–Trinajstić information content (AvgIpc) is 2.90. The molecule has 2 amide bonds. The number of ether oxygens (including phenoxy) is 1. The number of para-hydroxylation sites is 1. The standard InChI is InChI=1S/C29H31N3O3S/c33-27(22-15-17-24(18-16-22)35-20-19-21-9-3-1-4-10-21)32-29(36)31-26-14-8-7-13-25(26)28(34)30-23-11-5-2-6-12-23/h1,3-4,7-10,13-18,23H,2,5-6,11-12,19-20H2,(H,30,34)(H2,31,32,33,36). The third-order valence-electron chi connectivity index (χ3n) is 6.21. The monoisotopic (exact) mass is 501 g/mol. The molecule has 1 aliphatic carbocycles. The zero-order valence-corrected chi connectivity index (χ0v) is 21.0. The number of carbonyl (C=O) groups is 2. The van der Waals surface area contributed by atoms with Gasteiger partial charge in [0.25, 0.3) is 11.8 Å². The predicted molar refractivity (Wildman–Crippen MR) is 147 cm³/mol. The first-order chi connectivity index (χ1) is 17.6. The smallest absolute Gasteiger partial charge is 0.257 e. The summed E-state index contributed by atoms with van der Waals surface area (Å²) >= 11 is 5.35. The van der Waals surface area contributed by atoms with Gasteiger partial charge < -0.3 is 15.4 Å². The number of anilines is 1. The van der Waals surface area contributed by atoms with Crippen molar-refractivity contribution < 1.29 is 14.3 Å². The second-order valence-electron chi connectivity index (χ2n) is 8.87. The maximum Gasteiger partial charge on any atom is 0.257 e. The molecule has 0 spiro atoms. The summed E-state index contributed by atoms with van der Waals surface area (Å²) in [6.07, 6.45) is 6.33. The Morgan fingerprint density at radius 3 is 2.28 bits per heavy atom. The van der Waals surface area contributed by atoms with Crippen LogP contribution in [0.4, 0.5) is 5.69 Å². The Bertz CT molecular complexity index is 1180. The molecule has 1 aliphatic rings. The Morgan fingerprint density at radius 2 is 1.53 bits per heavy atom. The van der Waals surface area contributed by atoms with E-state index in [0.717, 1.165) is 32.1 Å². The molecule has 0 unspecified atom stereocenters. The molecule has 36 heavy (non-hydrogen) atoms. The molecule has 186 valence electrons. The van der Waals surface area contributed by atoms with E-state index in [0.29, 0.717) is 29.2 Å². The van der Waals surface area contributed by atoms with Crippen molar-refractivity contribution in [3.05, 3.63) is 95.6 Å². The van der Waals surface area contributed by atoms with E-state index in [9.17, 15) is 9.59 Å². The van der Waals surface area contributed by atoms with Gasteiger partial charge in [0.05, 0.1) is 17.9 Å². The molecule has 0 heterocycles. The van der Waals surface area contributed by atoms with Crippen LogP contribution in [0.3, 0.4) is 0 Å². The molecule has 0 aromatic heterocycles. The van der Waals surface area contributed by atoms with Crippen LogP contribution in [0, 0.1) is 0 Å². The van der Waals surface area contributed by atoms with Crippen molar-refractivity contribution in [1.29, 1.82) is 0 Å². The zero-order chi connectivity index (χ0) is 25.2. The largest absolute Gasteiger partial charge is 0.493 e. The van der Waals surface area contributed by atoms with Crippen molar-refractivity contribution in [2.75, 3.05) is 11.9 Å². The Morgan fingerprint density at radius 1 is 0.833 bits per heavy atom. The van der Waals surface area contributed by atoms with Crippen LogP contribution >= 0.6 is 12.2 Å². The molecule has 3 aromatic rings. The van der Waals surface area contributed by atoms with Crippen molar-refractivity contribution in [2.45, 2.75) is 44.6 Å². The summed E-state index contributed by atoms with van der Waals surface area (Å²) in [6.45, 7) is 0.553. The van der Waals surface area contributed by atoms with Crippen LogP contribution in [0.15, 0.2) is 78.9 Å². The fourth-order valence-electron chi connectivity index (χ4n) is 4.26. The van der Waals surface area contributed by atoms with E-state index in [4.69, 9.17) is 17.0 Å². The van der Waals surface area contributed by atoms with Crippen molar-refractivity contribution in [3.8, 4) is 5.75 Å². The molecule has 0 bridgehead atoms. The van der Waals surface area contributed by atoms with E-state index in [2.05, 4.69) is 28.1 Å². The second kappa shape index (κ2) is 12.8. The fourth-order valence-corrected chi connectivity index (χ4v) is 4.47. The highest BCUT2D eigenvalue weighted by molar-refractivity contribution is 7.80. The SMILES string of the molecule is O=C(NC(=S)Nc1ccccc1C(=O)NC1CCCCC1)c1ccc(OCCc2ccccc2)cc1. The van der Waals surface area contributed by atoms with Gasteiger partial charge in [0.15, 0.2) is 5.11 Å². The third-order valence-corrected chi connectivity index (χ3v) is 6.41. The normalized spacial score (nSPS) is 13.4. The molecular formula is C29H31N3O3S. The van der Waals surface area contributed by atoms with E-state index in [1.165, 1.54) is 12.0 Å². The number of carbonyl (C=O) groups excluding carboxylic acids is 2. The van der Waals surface area contributed by atoms with Gasteiger partial charge in [-0.05, 0) is 67.0 Å². The van der Waals surface area contributed by atoms with Crippen molar-refractivity contribution in [3.63, 3.8) is 0 Å². The minimum atomic E-state index is -0.340. The van der Waals surface area contributed by atoms with E-state index in [1.807, 2.05) is 30.3 Å². The summed E-state index contributed by atoms with van der Waals surface area (Å²) in [5, 5.41) is 8.93. The highest BCUT2D eigenvalue weighted by atomic mass is 32.1. The number of hydrogen-bond donors (Lipinski definition) is 3. The van der Waals surface area contributed by atoms with E-state index in [1.54, 1.807) is 36.4 Å². The van der Waals surface area contributed by atoms with E-state index in [-0.39, 0.29) is 23.0 Å². The van der Waals surface area contributed by atoms with Crippen LogP contribution < -0.4 is 20.7 Å². The fraction of sp³-hybridized carbons (Fsp3) is 0.276. The lowest BCUT2D eigenvalue weighted by Crippen LogP contribution is -2.37. The van der Waals surface area contributed by atoms with Gasteiger partial charge in [-0.1, -0.05) is 61.7 Å². The molecule has 7 heteroatoms. The lowest BCUT2D eigenvalue weighted by atomic mass is 9.95. The molecule has 3 aromatic carbocycles. The van der Waals surface area contributed by atoms with Crippen LogP contribution in [0.25, 0.3) is 0 Å². The van der Waals surface area contributed by atoms with Crippen molar-refractivity contribution >= 4 is 34.8 Å². The van der Waals surface area contributed by atoms with Gasteiger partial charge in [-0.2, -0.15) is 0 Å². The lowest BCUT2D eigenvalue weighted by molar-refractivity contribution is 0.0927. The highest BCUT2D eigenvalue weighted by Gasteiger charge is 2.19. The maximum atomic E-state index is 12.9. The first-order valence-corrected chi connectivity index (χ1v) is 12.8. The van der Waals surface area contributed by atoms with Gasteiger partial charge in [0.2, 0.25) is 0 Å². The first kappa shape index (κ1) is 25.4. The molecule has 0 aliphatic heterocycles. The molecule has 6 nitrogen and oxygen atoms in total. The molecule has 3 N–H and O–H groups in total. The van der Waals surface area contributed by atoms with Gasteiger partial charge in [-0.25, -0.2) is 0 Å². The number of amides is 2. The van der Waals surface area contributed by atoms with Crippen molar-refractivity contribution in [2.24, 2.45) is 0 Å². The Kier molecular flexibility index (Phi) is 9.05. The van der Waals surface area contributed by atoms with Crippen LogP contribution in [0.2, 0.25) is 0 Å². The molecule has 0 saturated heterocycles. The quantitative estimate of drug-likeness (QED) is 0.355. The summed E-state index contributed by atoms with van der Waals surface area (Å²) < 4.78 is 5.79. The van der Waals surface area contributed by atoms with Gasteiger partial charge in [-0.15, -0.1) is 0 Å². The molecule has 0 radical (unpaired) electrons. The van der Waals surface area contributed by atoms with Gasteiger partial charge in [-0.3, -0.25) is 14.9 Å². The first-order valence-electron chi connectivity index (χ1n) is 12.4. The van der Waals surface area contributed by atoms with E-state index < -0.39 is 0 Å². The average molecular weight is 502 g/mol. The van der Waals surface area contributed by atoms with Crippen LogP contribution in [0.1, 0.15) is 58.4 Å². The highest BCUT2D eigenvalue weighted by Crippen LogP contribution is 2.20. The molecule has 0 atom stereocenters. The topological polar surface area (TPSA) is 79.5 Å². The lowest BCUT2D eigenvalue weighted by Gasteiger charge is -2.23. The summed E-state index contributed by atoms with van der Waals surface area (Å²) in [6, 6.07) is 24.4. The number of benzene rings is 3. The Labute approximate surface area is 217 Å². The van der Waals surface area contributed by atoms with E-state index >= 15 is 0 Å². The van der Waals surface area contributed by atoms with Gasteiger partial charge in [0, 0.05) is 18.0 Å². The number of hydrogen-bond acceptors (Lipinski definition) is 4. The Balaban J connectivity index is 1.28. The molecule has 1 saturated carbocycles. The summed E-state index contributed by atoms with van der Waals surface area (Å²) in [7, 11) is 0.